The number of aliphatic carboxylic acids is 1. The number of carboxylic acid groups (broad SMARTS) is 1. The maximum atomic E-state index is 12.9. The molecule has 3 rings (SSSR count). The van der Waals surface area contributed by atoms with E-state index in [0.29, 0.717) is 6.42 Å². The van der Waals surface area contributed by atoms with Gasteiger partial charge in [-0.2, -0.15) is 0 Å². The van der Waals surface area contributed by atoms with Crippen LogP contribution < -0.4 is 10.6 Å². The number of carboxylic acids is 1. The molecular formula is C28H36N2O5. The molecule has 7 nitrogen and oxygen atoms in total. The standard InChI is InChI=1S/C28H36N2O5/c1-5-18(4)14-25(26(31)29-15-23(17(2)3)27(32)33)30-28(34)35-16-24-21-12-8-6-10-19(21)20-11-7-9-13-22(20)24/h6-13,17-18,23-25H,5,14-16H2,1-4H3,(H,29,31)(H,30,34)(H,32,33). The second-order valence-corrected chi connectivity index (χ2v) is 9.71. The molecule has 0 aliphatic heterocycles. The molecule has 0 aromatic heterocycles. The second-order valence-electron chi connectivity index (χ2n) is 9.71. The van der Waals surface area contributed by atoms with Crippen LogP contribution in [-0.4, -0.2) is 42.3 Å². The van der Waals surface area contributed by atoms with Crippen molar-refractivity contribution in [3.05, 3.63) is 59.7 Å². The average Bonchev–Trinajstić information content (AvgIpc) is 3.15. The number of hydrogen-bond acceptors (Lipinski definition) is 4. The summed E-state index contributed by atoms with van der Waals surface area (Å²) in [5.74, 6) is -2.06. The van der Waals surface area contributed by atoms with E-state index in [9.17, 15) is 19.5 Å². The maximum absolute atomic E-state index is 12.9. The number of carbonyl (C=O) groups is 3. The molecule has 1 aliphatic rings. The van der Waals surface area contributed by atoms with E-state index in [1.165, 1.54) is 0 Å². The highest BCUT2D eigenvalue weighted by Gasteiger charge is 2.30. The minimum Gasteiger partial charge on any atom is -0.481 e. The van der Waals surface area contributed by atoms with E-state index in [2.05, 4.69) is 22.8 Å². The van der Waals surface area contributed by atoms with E-state index in [0.717, 1.165) is 28.7 Å². The number of alkyl carbamates (subject to hydrolysis) is 1. The maximum Gasteiger partial charge on any atom is 0.407 e. The molecule has 0 saturated carbocycles. The SMILES string of the molecule is CCC(C)CC(NC(=O)OCC1c2ccccc2-c2ccccc21)C(=O)NCC(C(=O)O)C(C)C. The molecule has 1 aliphatic carbocycles. The first-order valence-corrected chi connectivity index (χ1v) is 12.3. The third-order valence-corrected chi connectivity index (χ3v) is 6.91. The Balaban J connectivity index is 1.65. The number of amides is 2. The van der Waals surface area contributed by atoms with Gasteiger partial charge in [0, 0.05) is 12.5 Å². The first kappa shape index (κ1) is 26.3. The van der Waals surface area contributed by atoms with E-state index in [4.69, 9.17) is 4.74 Å². The van der Waals surface area contributed by atoms with Gasteiger partial charge in [-0.3, -0.25) is 9.59 Å². The highest BCUT2D eigenvalue weighted by Crippen LogP contribution is 2.44. The average molecular weight is 481 g/mol. The van der Waals surface area contributed by atoms with Crippen molar-refractivity contribution in [2.45, 2.75) is 52.5 Å². The van der Waals surface area contributed by atoms with E-state index in [1.54, 1.807) is 13.8 Å². The molecule has 3 atom stereocenters. The van der Waals surface area contributed by atoms with Crippen LogP contribution in [0.3, 0.4) is 0 Å². The van der Waals surface area contributed by atoms with Crippen LogP contribution in [0.2, 0.25) is 0 Å². The number of carbonyl (C=O) groups excluding carboxylic acids is 2. The van der Waals surface area contributed by atoms with Crippen LogP contribution >= 0.6 is 0 Å². The van der Waals surface area contributed by atoms with Crippen LogP contribution in [0.4, 0.5) is 4.79 Å². The Hall–Kier alpha value is -3.35. The van der Waals surface area contributed by atoms with Crippen LogP contribution in [0.5, 0.6) is 0 Å². The fourth-order valence-corrected chi connectivity index (χ4v) is 4.52. The lowest BCUT2D eigenvalue weighted by Crippen LogP contribution is -2.49. The molecule has 3 N–H and O–H groups in total. The molecule has 0 bridgehead atoms. The Bertz CT molecular complexity index is 1010. The van der Waals surface area contributed by atoms with Crippen molar-refractivity contribution in [2.24, 2.45) is 17.8 Å². The van der Waals surface area contributed by atoms with Crippen molar-refractivity contribution in [1.82, 2.24) is 10.6 Å². The summed E-state index contributed by atoms with van der Waals surface area (Å²) in [5, 5.41) is 14.8. The Morgan fingerprint density at radius 3 is 2.06 bits per heavy atom. The van der Waals surface area contributed by atoms with Crippen LogP contribution in [0, 0.1) is 17.8 Å². The van der Waals surface area contributed by atoms with Gasteiger partial charge in [0.05, 0.1) is 5.92 Å². The first-order valence-electron chi connectivity index (χ1n) is 12.3. The minimum atomic E-state index is -0.955. The van der Waals surface area contributed by atoms with E-state index < -0.39 is 29.9 Å². The fraction of sp³-hybridized carbons (Fsp3) is 0.464. The summed E-state index contributed by atoms with van der Waals surface area (Å²) < 4.78 is 5.61. The topological polar surface area (TPSA) is 105 Å². The van der Waals surface area contributed by atoms with Gasteiger partial charge in [0.15, 0.2) is 0 Å². The Morgan fingerprint density at radius 2 is 1.54 bits per heavy atom. The van der Waals surface area contributed by atoms with Gasteiger partial charge in [0.1, 0.15) is 12.6 Å². The lowest BCUT2D eigenvalue weighted by molar-refractivity contribution is -0.143. The van der Waals surface area contributed by atoms with Crippen molar-refractivity contribution in [3.8, 4) is 11.1 Å². The van der Waals surface area contributed by atoms with E-state index in [1.807, 2.05) is 50.2 Å². The van der Waals surface area contributed by atoms with Crippen molar-refractivity contribution in [3.63, 3.8) is 0 Å². The summed E-state index contributed by atoms with van der Waals surface area (Å²) in [5.41, 5.74) is 4.51. The minimum absolute atomic E-state index is 0.00914. The van der Waals surface area contributed by atoms with Gasteiger partial charge >= 0.3 is 12.1 Å². The van der Waals surface area contributed by atoms with Crippen LogP contribution in [0.15, 0.2) is 48.5 Å². The molecule has 188 valence electrons. The zero-order valence-corrected chi connectivity index (χ0v) is 20.9. The van der Waals surface area contributed by atoms with Gasteiger partial charge in [0.25, 0.3) is 0 Å². The summed E-state index contributed by atoms with van der Waals surface area (Å²) in [6.07, 6.45) is 0.625. The molecule has 0 heterocycles. The van der Waals surface area contributed by atoms with Gasteiger partial charge in [-0.15, -0.1) is 0 Å². The molecule has 0 saturated heterocycles. The summed E-state index contributed by atoms with van der Waals surface area (Å²) in [7, 11) is 0. The molecule has 0 radical (unpaired) electrons. The third-order valence-electron chi connectivity index (χ3n) is 6.91. The molecule has 2 amide bonds. The van der Waals surface area contributed by atoms with Crippen LogP contribution in [0.25, 0.3) is 11.1 Å². The number of hydrogen-bond donors (Lipinski definition) is 3. The van der Waals surface area contributed by atoms with E-state index >= 15 is 0 Å². The first-order chi connectivity index (χ1) is 16.7. The number of benzene rings is 2. The monoisotopic (exact) mass is 480 g/mol. The smallest absolute Gasteiger partial charge is 0.407 e. The van der Waals surface area contributed by atoms with E-state index in [-0.39, 0.29) is 30.9 Å². The molecule has 0 fully saturated rings. The molecule has 0 spiro atoms. The summed E-state index contributed by atoms with van der Waals surface area (Å²) >= 11 is 0. The van der Waals surface area contributed by atoms with Crippen LogP contribution in [-0.2, 0) is 14.3 Å². The predicted octanol–water partition coefficient (Wildman–Crippen LogP) is 4.80. The van der Waals surface area contributed by atoms with Gasteiger partial charge in [-0.25, -0.2) is 4.79 Å². The van der Waals surface area contributed by atoms with Gasteiger partial charge < -0.3 is 20.5 Å². The molecule has 2 aromatic carbocycles. The number of rotatable bonds is 11. The number of fused-ring (bicyclic) bond motifs is 3. The number of nitrogens with one attached hydrogen (secondary N) is 2. The largest absolute Gasteiger partial charge is 0.481 e. The van der Waals surface area contributed by atoms with Gasteiger partial charge in [0.2, 0.25) is 5.91 Å². The normalized spacial score (nSPS) is 15.0. The molecule has 35 heavy (non-hydrogen) atoms. The van der Waals surface area contributed by atoms with Crippen molar-refractivity contribution < 1.29 is 24.2 Å². The fourth-order valence-electron chi connectivity index (χ4n) is 4.52. The Labute approximate surface area is 207 Å². The molecule has 3 unspecified atom stereocenters. The zero-order valence-electron chi connectivity index (χ0n) is 20.9. The molecular weight excluding hydrogens is 444 g/mol. The van der Waals surface area contributed by atoms with Crippen molar-refractivity contribution >= 4 is 18.0 Å². The lowest BCUT2D eigenvalue weighted by atomic mass is 9.95. The lowest BCUT2D eigenvalue weighted by Gasteiger charge is -2.23. The van der Waals surface area contributed by atoms with Crippen LogP contribution in [0.1, 0.15) is 57.6 Å². The molecule has 2 aromatic rings. The summed E-state index contributed by atoms with van der Waals surface area (Å²) in [4.78, 5) is 37.1. The van der Waals surface area contributed by atoms with Crippen molar-refractivity contribution in [2.75, 3.05) is 13.2 Å². The summed E-state index contributed by atoms with van der Waals surface area (Å²) in [6.45, 7) is 7.80. The highest BCUT2D eigenvalue weighted by molar-refractivity contribution is 5.86. The second kappa shape index (κ2) is 11.9. The number of ether oxygens (including phenoxy) is 1. The van der Waals surface area contributed by atoms with Crippen molar-refractivity contribution in [1.29, 1.82) is 0 Å². The predicted molar refractivity (Wildman–Crippen MR) is 135 cm³/mol. The quantitative estimate of drug-likeness (QED) is 0.428. The highest BCUT2D eigenvalue weighted by atomic mass is 16.5. The Kier molecular flexibility index (Phi) is 8.90. The van der Waals surface area contributed by atoms with Gasteiger partial charge in [-0.1, -0.05) is 82.6 Å². The summed E-state index contributed by atoms with van der Waals surface area (Å²) in [6, 6.07) is 15.4. The molecule has 7 heteroatoms. The zero-order chi connectivity index (χ0) is 25.5. The van der Waals surface area contributed by atoms with Gasteiger partial charge in [-0.05, 0) is 40.5 Å². The Morgan fingerprint density at radius 1 is 0.971 bits per heavy atom. The third kappa shape index (κ3) is 6.41.